The maximum atomic E-state index is 13.6. The van der Waals surface area contributed by atoms with E-state index in [2.05, 4.69) is 10.1 Å². The molecule has 1 aliphatic rings. The number of aromatic nitrogens is 1. The number of benzene rings is 2. The van der Waals surface area contributed by atoms with Gasteiger partial charge in [-0.1, -0.05) is 5.16 Å². The summed E-state index contributed by atoms with van der Waals surface area (Å²) in [5, 5.41) is 4.35. The molecule has 1 aliphatic heterocycles. The average Bonchev–Trinajstić information content (AvgIpc) is 3.30. The number of amides is 1. The predicted octanol–water partition coefficient (Wildman–Crippen LogP) is 3.53. The maximum Gasteiger partial charge on any atom is 0.254 e. The van der Waals surface area contributed by atoms with E-state index in [1.165, 1.54) is 12.1 Å². The van der Waals surface area contributed by atoms with Gasteiger partial charge < -0.3 is 28.7 Å². The molecule has 1 aromatic heterocycles. The van der Waals surface area contributed by atoms with Crippen molar-refractivity contribution in [1.29, 1.82) is 0 Å². The summed E-state index contributed by atoms with van der Waals surface area (Å²) in [6.45, 7) is 3.98. The molecule has 0 unspecified atom stereocenters. The van der Waals surface area contributed by atoms with Crippen molar-refractivity contribution in [2.24, 2.45) is 0 Å². The number of carbonyl (C=O) groups is 1. The number of methoxy groups -OCH3 is 1. The van der Waals surface area contributed by atoms with Gasteiger partial charge in [-0.05, 0) is 62.6 Å². The lowest BCUT2D eigenvalue weighted by atomic mass is 10.1. The highest BCUT2D eigenvalue weighted by atomic mass is 19.1. The number of hydrogen-bond acceptors (Lipinski definition) is 7. The van der Waals surface area contributed by atoms with E-state index in [0.29, 0.717) is 68.8 Å². The van der Waals surface area contributed by atoms with Crippen molar-refractivity contribution in [3.05, 3.63) is 65.5 Å². The van der Waals surface area contributed by atoms with Gasteiger partial charge in [0.25, 0.3) is 5.91 Å². The lowest BCUT2D eigenvalue weighted by Gasteiger charge is -2.29. The summed E-state index contributed by atoms with van der Waals surface area (Å²) >= 11 is 0. The lowest BCUT2D eigenvalue weighted by Crippen LogP contribution is -2.38. The third-order valence-electron chi connectivity index (χ3n) is 5.97. The molecule has 186 valence electrons. The number of halogens is 1. The Kier molecular flexibility index (Phi) is 7.99. The fraction of sp³-hybridized carbons (Fsp3) is 0.385. The molecule has 2 heterocycles. The van der Waals surface area contributed by atoms with Gasteiger partial charge in [0.15, 0.2) is 0 Å². The van der Waals surface area contributed by atoms with Crippen molar-refractivity contribution in [2.75, 3.05) is 65.5 Å². The molecule has 0 saturated carbocycles. The smallest absolute Gasteiger partial charge is 0.254 e. The molecule has 35 heavy (non-hydrogen) atoms. The van der Waals surface area contributed by atoms with Crippen LogP contribution in [0.2, 0.25) is 0 Å². The number of anilines is 1. The standard InChI is InChI=1S/C26H31FN4O4/c1-29(2)12-13-31(25(32)20-6-10-22(33-3)11-7-20)18-23-24(19-4-8-21(27)9-5-19)28-35-26(23)30-14-16-34-17-15-30/h4-11H,12-18H2,1-3H3. The first-order valence-electron chi connectivity index (χ1n) is 11.6. The summed E-state index contributed by atoms with van der Waals surface area (Å²) in [6, 6.07) is 13.2. The van der Waals surface area contributed by atoms with Gasteiger partial charge in [-0.3, -0.25) is 4.79 Å². The molecule has 0 bridgehead atoms. The molecule has 0 N–H and O–H groups in total. The minimum atomic E-state index is -0.325. The zero-order valence-corrected chi connectivity index (χ0v) is 20.4. The van der Waals surface area contributed by atoms with E-state index in [9.17, 15) is 9.18 Å². The second-order valence-corrected chi connectivity index (χ2v) is 8.68. The highest BCUT2D eigenvalue weighted by molar-refractivity contribution is 5.94. The highest BCUT2D eigenvalue weighted by Crippen LogP contribution is 2.33. The van der Waals surface area contributed by atoms with Gasteiger partial charge in [0, 0.05) is 37.3 Å². The number of ether oxygens (including phenoxy) is 2. The predicted molar refractivity (Wildman–Crippen MR) is 131 cm³/mol. The van der Waals surface area contributed by atoms with Crippen molar-refractivity contribution in [3.8, 4) is 17.0 Å². The second-order valence-electron chi connectivity index (χ2n) is 8.68. The first kappa shape index (κ1) is 24.7. The van der Waals surface area contributed by atoms with E-state index < -0.39 is 0 Å². The van der Waals surface area contributed by atoms with Crippen molar-refractivity contribution in [1.82, 2.24) is 15.0 Å². The number of rotatable bonds is 9. The zero-order chi connectivity index (χ0) is 24.8. The van der Waals surface area contributed by atoms with E-state index in [0.717, 1.165) is 11.1 Å². The number of carbonyl (C=O) groups excluding carboxylic acids is 1. The molecule has 0 aliphatic carbocycles. The van der Waals surface area contributed by atoms with Crippen LogP contribution in [0.1, 0.15) is 15.9 Å². The minimum absolute atomic E-state index is 0.103. The summed E-state index contributed by atoms with van der Waals surface area (Å²) < 4.78 is 30.2. The molecule has 1 fully saturated rings. The molecule has 1 amide bonds. The van der Waals surface area contributed by atoms with Gasteiger partial charge in [0.1, 0.15) is 17.3 Å². The number of likely N-dealkylation sites (N-methyl/N-ethyl adjacent to an activating group) is 1. The van der Waals surface area contributed by atoms with Crippen LogP contribution < -0.4 is 9.64 Å². The first-order valence-corrected chi connectivity index (χ1v) is 11.6. The van der Waals surface area contributed by atoms with Gasteiger partial charge >= 0.3 is 0 Å². The summed E-state index contributed by atoms with van der Waals surface area (Å²) in [6.07, 6.45) is 0. The van der Waals surface area contributed by atoms with Crippen LogP contribution in [0.15, 0.2) is 53.1 Å². The van der Waals surface area contributed by atoms with E-state index in [4.69, 9.17) is 14.0 Å². The van der Waals surface area contributed by atoms with Crippen LogP contribution in [-0.4, -0.2) is 81.5 Å². The molecule has 0 atom stereocenters. The van der Waals surface area contributed by atoms with Gasteiger partial charge in [-0.25, -0.2) is 4.39 Å². The molecule has 3 aromatic rings. The first-order chi connectivity index (χ1) is 17.0. The van der Waals surface area contributed by atoms with Crippen LogP contribution in [0.4, 0.5) is 10.3 Å². The fourth-order valence-corrected chi connectivity index (χ4v) is 3.97. The van der Waals surface area contributed by atoms with Crippen LogP contribution in [0, 0.1) is 5.82 Å². The Hall–Kier alpha value is -3.43. The maximum absolute atomic E-state index is 13.6. The molecule has 2 aromatic carbocycles. The molecule has 0 spiro atoms. The zero-order valence-electron chi connectivity index (χ0n) is 20.4. The molecule has 4 rings (SSSR count). The molecule has 1 saturated heterocycles. The van der Waals surface area contributed by atoms with Crippen LogP contribution >= 0.6 is 0 Å². The Morgan fingerprint density at radius 3 is 2.37 bits per heavy atom. The van der Waals surface area contributed by atoms with Crippen molar-refractivity contribution < 1.29 is 23.2 Å². The van der Waals surface area contributed by atoms with Gasteiger partial charge in [-0.15, -0.1) is 0 Å². The Labute approximate surface area is 204 Å². The normalized spacial score (nSPS) is 13.8. The third-order valence-corrected chi connectivity index (χ3v) is 5.97. The molecular formula is C26H31FN4O4. The van der Waals surface area contributed by atoms with Crippen molar-refractivity contribution >= 4 is 11.8 Å². The largest absolute Gasteiger partial charge is 0.497 e. The summed E-state index contributed by atoms with van der Waals surface area (Å²) in [5.74, 6) is 0.877. The van der Waals surface area contributed by atoms with Crippen LogP contribution in [0.25, 0.3) is 11.3 Å². The quantitative estimate of drug-likeness (QED) is 0.462. The summed E-state index contributed by atoms with van der Waals surface area (Å²) in [5.41, 5.74) is 2.69. The minimum Gasteiger partial charge on any atom is -0.497 e. The van der Waals surface area contributed by atoms with E-state index in [-0.39, 0.29) is 11.7 Å². The summed E-state index contributed by atoms with van der Waals surface area (Å²) in [7, 11) is 5.54. The van der Waals surface area contributed by atoms with Crippen molar-refractivity contribution in [2.45, 2.75) is 6.54 Å². The third kappa shape index (κ3) is 5.98. The van der Waals surface area contributed by atoms with Gasteiger partial charge in [0.2, 0.25) is 5.88 Å². The monoisotopic (exact) mass is 482 g/mol. The fourth-order valence-electron chi connectivity index (χ4n) is 3.97. The topological polar surface area (TPSA) is 71.3 Å². The Morgan fingerprint density at radius 1 is 1.06 bits per heavy atom. The van der Waals surface area contributed by atoms with Crippen LogP contribution in [0.5, 0.6) is 5.75 Å². The molecule has 0 radical (unpaired) electrons. The number of nitrogens with zero attached hydrogens (tertiary/aromatic N) is 4. The van der Waals surface area contributed by atoms with E-state index >= 15 is 0 Å². The molecular weight excluding hydrogens is 451 g/mol. The highest BCUT2D eigenvalue weighted by Gasteiger charge is 2.27. The number of morpholine rings is 1. The van der Waals surface area contributed by atoms with Gasteiger partial charge in [0.05, 0.1) is 32.4 Å². The SMILES string of the molecule is COc1ccc(C(=O)N(CCN(C)C)Cc2c(-c3ccc(F)cc3)noc2N2CCOCC2)cc1. The number of hydrogen-bond donors (Lipinski definition) is 0. The molecule has 9 heteroatoms. The van der Waals surface area contributed by atoms with E-state index in [1.54, 1.807) is 48.4 Å². The Balaban J connectivity index is 1.70. The van der Waals surface area contributed by atoms with Crippen LogP contribution in [-0.2, 0) is 11.3 Å². The Morgan fingerprint density at radius 2 is 1.74 bits per heavy atom. The molecule has 8 nitrogen and oxygen atoms in total. The lowest BCUT2D eigenvalue weighted by molar-refractivity contribution is 0.0731. The van der Waals surface area contributed by atoms with E-state index in [1.807, 2.05) is 19.0 Å². The second kappa shape index (κ2) is 11.3. The average molecular weight is 483 g/mol. The Bertz CT molecular complexity index is 1110. The summed E-state index contributed by atoms with van der Waals surface area (Å²) in [4.78, 5) is 19.5. The van der Waals surface area contributed by atoms with Crippen molar-refractivity contribution in [3.63, 3.8) is 0 Å². The van der Waals surface area contributed by atoms with Crippen LogP contribution in [0.3, 0.4) is 0 Å². The van der Waals surface area contributed by atoms with Gasteiger partial charge in [-0.2, -0.15) is 0 Å².